The van der Waals surface area contributed by atoms with E-state index in [0.717, 1.165) is 77.0 Å². The molecule has 0 bridgehead atoms. The summed E-state index contributed by atoms with van der Waals surface area (Å²) in [6.07, 6.45) is 47.8. The van der Waals surface area contributed by atoms with Crippen LogP contribution in [0.2, 0.25) is 0 Å². The summed E-state index contributed by atoms with van der Waals surface area (Å²) in [5, 5.41) is 11.6. The molecule has 0 amide bonds. The van der Waals surface area contributed by atoms with Gasteiger partial charge in [-0.2, -0.15) is 0 Å². The molecule has 0 aliphatic carbocycles. The van der Waals surface area contributed by atoms with Gasteiger partial charge >= 0.3 is 11.9 Å². The maximum Gasteiger partial charge on any atom is 0.306 e. The summed E-state index contributed by atoms with van der Waals surface area (Å²) < 4.78 is 17.1. The summed E-state index contributed by atoms with van der Waals surface area (Å²) in [4.78, 5) is 36.8. The minimum Gasteiger partial charge on any atom is -0.544 e. The van der Waals surface area contributed by atoms with E-state index < -0.39 is 18.1 Å². The molecule has 0 aromatic rings. The van der Waals surface area contributed by atoms with Crippen LogP contribution in [0, 0.1) is 0 Å². The Morgan fingerprint density at radius 2 is 1.05 bits per heavy atom. The van der Waals surface area contributed by atoms with Crippen LogP contribution in [0.15, 0.2) is 72.9 Å². The summed E-state index contributed by atoms with van der Waals surface area (Å²) in [6.45, 7) is 4.46. The number of quaternary nitrogens is 1. The van der Waals surface area contributed by atoms with Crippen molar-refractivity contribution in [1.29, 1.82) is 0 Å². The molecule has 2 atom stereocenters. The van der Waals surface area contributed by atoms with Gasteiger partial charge in [0.05, 0.1) is 40.3 Å². The molecule has 8 heteroatoms. The van der Waals surface area contributed by atoms with Gasteiger partial charge in [-0.3, -0.25) is 9.59 Å². The molecule has 0 radical (unpaired) electrons. The highest BCUT2D eigenvalue weighted by molar-refractivity contribution is 5.70. The summed E-state index contributed by atoms with van der Waals surface area (Å²) in [5.74, 6) is -1.82. The van der Waals surface area contributed by atoms with E-state index in [0.29, 0.717) is 12.8 Å². The fourth-order valence-electron chi connectivity index (χ4n) is 5.93. The first-order chi connectivity index (χ1) is 27.1. The van der Waals surface area contributed by atoms with Crippen molar-refractivity contribution in [3.63, 3.8) is 0 Å². The van der Waals surface area contributed by atoms with Crippen molar-refractivity contribution in [2.75, 3.05) is 41.0 Å². The molecule has 2 unspecified atom stereocenters. The lowest BCUT2D eigenvalue weighted by Gasteiger charge is -2.34. The Kier molecular flexibility index (Phi) is 36.4. The number of unbranched alkanes of at least 4 members (excludes halogenated alkanes) is 13. The van der Waals surface area contributed by atoms with Crippen molar-refractivity contribution in [3.8, 4) is 0 Å². The van der Waals surface area contributed by atoms with Gasteiger partial charge in [0, 0.05) is 19.3 Å². The number of carboxylic acid groups (broad SMARTS) is 1. The minimum absolute atomic E-state index is 0.0159. The number of hydrogen-bond acceptors (Lipinski definition) is 7. The van der Waals surface area contributed by atoms with Gasteiger partial charge in [-0.25, -0.2) is 0 Å². The van der Waals surface area contributed by atoms with Crippen molar-refractivity contribution in [3.05, 3.63) is 72.9 Å². The number of nitrogens with zero attached hydrogens (tertiary/aromatic N) is 1. The molecule has 0 N–H and O–H groups in total. The second-order valence-electron chi connectivity index (χ2n) is 15.6. The lowest BCUT2D eigenvalue weighted by Crippen LogP contribution is -2.55. The Morgan fingerprint density at radius 3 is 1.59 bits per heavy atom. The summed E-state index contributed by atoms with van der Waals surface area (Å²) in [7, 11) is 5.38. The van der Waals surface area contributed by atoms with Gasteiger partial charge in [0.2, 0.25) is 0 Å². The first-order valence-electron chi connectivity index (χ1n) is 22.0. The number of aliphatic carboxylic acids is 1. The smallest absolute Gasteiger partial charge is 0.306 e. The molecular weight excluding hydrogens is 703 g/mol. The van der Waals surface area contributed by atoms with Crippen LogP contribution in [-0.2, 0) is 28.6 Å². The zero-order valence-corrected chi connectivity index (χ0v) is 36.3. The van der Waals surface area contributed by atoms with Gasteiger partial charge in [-0.05, 0) is 77.0 Å². The molecule has 0 saturated carbocycles. The van der Waals surface area contributed by atoms with Gasteiger partial charge in [0.15, 0.2) is 6.10 Å². The van der Waals surface area contributed by atoms with E-state index in [2.05, 4.69) is 86.8 Å². The fourth-order valence-corrected chi connectivity index (χ4v) is 5.93. The lowest BCUT2D eigenvalue weighted by molar-refractivity contribution is -0.889. The van der Waals surface area contributed by atoms with Crippen LogP contribution in [-0.4, -0.2) is 75.5 Å². The lowest BCUT2D eigenvalue weighted by atomic mass is 10.1. The highest BCUT2D eigenvalue weighted by Crippen LogP contribution is 2.12. The van der Waals surface area contributed by atoms with E-state index in [4.69, 9.17) is 14.2 Å². The largest absolute Gasteiger partial charge is 0.544 e. The van der Waals surface area contributed by atoms with Gasteiger partial charge in [0.25, 0.3) is 0 Å². The average molecular weight is 784 g/mol. The van der Waals surface area contributed by atoms with Crippen LogP contribution in [0.25, 0.3) is 0 Å². The van der Waals surface area contributed by atoms with Crippen molar-refractivity contribution in [2.24, 2.45) is 0 Å². The molecular formula is C48H81NO7. The number of rotatable bonds is 38. The highest BCUT2D eigenvalue weighted by Gasteiger charge is 2.25. The normalized spacial score (nSPS) is 13.7. The van der Waals surface area contributed by atoms with Crippen LogP contribution < -0.4 is 5.11 Å². The standard InChI is InChI=1S/C48H81NO7/c1-6-8-10-12-14-16-18-20-22-24-26-28-30-32-34-36-38-46(50)55-43-44(42-54-41-40-45(48(52)53)49(3,4)5)56-47(51)39-37-35-33-31-29-27-25-23-21-19-17-15-13-11-9-7-2/h8,10,14,16,20,22-23,25-29,44-45H,6-7,9,11-13,15,17-19,21,24,30-43H2,1-5H3/b10-8+,16-14+,22-20+,25-23+,28-26+,29-27+. The molecule has 0 spiro atoms. The Balaban J connectivity index is 4.47. The van der Waals surface area contributed by atoms with Crippen molar-refractivity contribution >= 4 is 17.9 Å². The van der Waals surface area contributed by atoms with Crippen LogP contribution in [0.5, 0.6) is 0 Å². The Labute approximate surface area is 342 Å². The number of carboxylic acids is 1. The molecule has 0 heterocycles. The molecule has 0 aliphatic heterocycles. The molecule has 0 fully saturated rings. The average Bonchev–Trinajstić information content (AvgIpc) is 3.15. The maximum absolute atomic E-state index is 12.7. The molecule has 0 aromatic carbocycles. The zero-order chi connectivity index (χ0) is 41.4. The van der Waals surface area contributed by atoms with Gasteiger partial charge < -0.3 is 28.6 Å². The number of allylic oxidation sites excluding steroid dienone is 12. The third-order valence-corrected chi connectivity index (χ3v) is 9.35. The maximum atomic E-state index is 12.7. The Morgan fingerprint density at radius 1 is 0.571 bits per heavy atom. The quantitative estimate of drug-likeness (QED) is 0.0202. The number of carbonyl (C=O) groups is 3. The van der Waals surface area contributed by atoms with E-state index in [9.17, 15) is 19.5 Å². The summed E-state index contributed by atoms with van der Waals surface area (Å²) in [6, 6.07) is -0.738. The second-order valence-corrected chi connectivity index (χ2v) is 15.6. The van der Waals surface area contributed by atoms with Crippen molar-refractivity contribution in [1.82, 2.24) is 0 Å². The van der Waals surface area contributed by atoms with E-state index in [1.165, 1.54) is 44.9 Å². The van der Waals surface area contributed by atoms with Crippen molar-refractivity contribution < 1.29 is 38.2 Å². The third kappa shape index (κ3) is 36.4. The van der Waals surface area contributed by atoms with Crippen LogP contribution in [0.4, 0.5) is 0 Å². The first-order valence-corrected chi connectivity index (χ1v) is 22.0. The fraction of sp³-hybridized carbons (Fsp3) is 0.688. The van der Waals surface area contributed by atoms with E-state index in [1.54, 1.807) is 21.1 Å². The molecule has 0 aliphatic rings. The third-order valence-electron chi connectivity index (χ3n) is 9.35. The Bertz CT molecular complexity index is 1140. The molecule has 320 valence electrons. The second kappa shape index (κ2) is 38.6. The minimum atomic E-state index is -1.14. The van der Waals surface area contributed by atoms with Gasteiger partial charge in [0.1, 0.15) is 12.6 Å². The topological polar surface area (TPSA) is 102 Å². The van der Waals surface area contributed by atoms with Crippen LogP contribution >= 0.6 is 0 Å². The van der Waals surface area contributed by atoms with E-state index in [1.807, 2.05) is 0 Å². The van der Waals surface area contributed by atoms with Crippen LogP contribution in [0.1, 0.15) is 162 Å². The van der Waals surface area contributed by atoms with E-state index >= 15 is 0 Å². The monoisotopic (exact) mass is 784 g/mol. The highest BCUT2D eigenvalue weighted by atomic mass is 16.6. The summed E-state index contributed by atoms with van der Waals surface area (Å²) in [5.41, 5.74) is 0. The summed E-state index contributed by atoms with van der Waals surface area (Å²) >= 11 is 0. The SMILES string of the molecule is CC/C=C/C/C=C/C/C=C/C/C=C/CCCCCC(=O)OCC(COCCC(C(=O)[O-])[N+](C)(C)C)OC(=O)CCCCC/C=C/C=C/CCCCCCCCC. The zero-order valence-electron chi connectivity index (χ0n) is 36.3. The van der Waals surface area contributed by atoms with Gasteiger partial charge in [-0.1, -0.05) is 138 Å². The predicted octanol–water partition coefficient (Wildman–Crippen LogP) is 10.6. The van der Waals surface area contributed by atoms with Crippen LogP contribution in [0.3, 0.4) is 0 Å². The molecule has 8 nitrogen and oxygen atoms in total. The first kappa shape index (κ1) is 52.8. The Hall–Kier alpha value is -3.23. The molecule has 56 heavy (non-hydrogen) atoms. The van der Waals surface area contributed by atoms with Crippen molar-refractivity contribution in [2.45, 2.75) is 174 Å². The number of carbonyl (C=O) groups excluding carboxylic acids is 3. The molecule has 0 rings (SSSR count). The predicted molar refractivity (Wildman–Crippen MR) is 231 cm³/mol. The molecule has 0 aromatic heterocycles. The number of hydrogen-bond donors (Lipinski definition) is 0. The number of likely N-dealkylation sites (N-methyl/N-ethyl adjacent to an activating group) is 1. The van der Waals surface area contributed by atoms with E-state index in [-0.39, 0.29) is 49.1 Å². The molecule has 0 saturated heterocycles. The number of ether oxygens (including phenoxy) is 3. The van der Waals surface area contributed by atoms with Gasteiger partial charge in [-0.15, -0.1) is 0 Å². The number of esters is 2.